The SMILES string of the molecule is CCc1ccccc1C1c2cccn2CCCN1Cc1ccc(F)c(Cl)c1. The molecule has 1 unspecified atom stereocenters. The van der Waals surface area contributed by atoms with Crippen molar-refractivity contribution in [2.45, 2.75) is 38.9 Å². The molecule has 1 aliphatic rings. The Bertz CT molecular complexity index is 934. The molecule has 0 spiro atoms. The summed E-state index contributed by atoms with van der Waals surface area (Å²) in [5, 5.41) is 0.191. The van der Waals surface area contributed by atoms with Gasteiger partial charge in [-0.3, -0.25) is 4.90 Å². The maximum Gasteiger partial charge on any atom is 0.141 e. The molecule has 0 fully saturated rings. The molecule has 1 atom stereocenters. The van der Waals surface area contributed by atoms with Crippen LogP contribution in [-0.4, -0.2) is 16.0 Å². The topological polar surface area (TPSA) is 8.17 Å². The minimum Gasteiger partial charge on any atom is -0.350 e. The average molecular weight is 383 g/mol. The van der Waals surface area contributed by atoms with E-state index in [4.69, 9.17) is 11.6 Å². The van der Waals surface area contributed by atoms with Crippen molar-refractivity contribution >= 4 is 11.6 Å². The van der Waals surface area contributed by atoms with Gasteiger partial charge in [0.05, 0.1) is 11.1 Å². The number of nitrogens with zero attached hydrogens (tertiary/aromatic N) is 2. The third kappa shape index (κ3) is 3.67. The van der Waals surface area contributed by atoms with E-state index >= 15 is 0 Å². The van der Waals surface area contributed by atoms with Gasteiger partial charge in [-0.05, 0) is 53.8 Å². The fraction of sp³-hybridized carbons (Fsp3) is 0.304. The van der Waals surface area contributed by atoms with Crippen molar-refractivity contribution in [2.24, 2.45) is 0 Å². The third-order valence-corrected chi connectivity index (χ3v) is 5.74. The van der Waals surface area contributed by atoms with E-state index < -0.39 is 0 Å². The van der Waals surface area contributed by atoms with Gasteiger partial charge in [0.15, 0.2) is 0 Å². The largest absolute Gasteiger partial charge is 0.350 e. The number of aromatic nitrogens is 1. The van der Waals surface area contributed by atoms with Crippen LogP contribution in [0.3, 0.4) is 0 Å². The Balaban J connectivity index is 1.77. The maximum atomic E-state index is 13.6. The van der Waals surface area contributed by atoms with Gasteiger partial charge < -0.3 is 4.57 Å². The van der Waals surface area contributed by atoms with Gasteiger partial charge in [0.25, 0.3) is 0 Å². The summed E-state index contributed by atoms with van der Waals surface area (Å²) in [4.78, 5) is 2.50. The van der Waals surface area contributed by atoms with E-state index in [9.17, 15) is 4.39 Å². The van der Waals surface area contributed by atoms with Crippen LogP contribution >= 0.6 is 11.6 Å². The molecule has 2 nitrogen and oxygen atoms in total. The molecule has 140 valence electrons. The normalized spacial score (nSPS) is 17.5. The first-order chi connectivity index (χ1) is 13.2. The first-order valence-corrected chi connectivity index (χ1v) is 9.96. The monoisotopic (exact) mass is 382 g/mol. The summed E-state index contributed by atoms with van der Waals surface area (Å²) in [5.41, 5.74) is 5.09. The van der Waals surface area contributed by atoms with Crippen molar-refractivity contribution in [1.82, 2.24) is 9.47 Å². The van der Waals surface area contributed by atoms with Gasteiger partial charge in [0, 0.05) is 31.5 Å². The van der Waals surface area contributed by atoms with Crippen LogP contribution in [-0.2, 0) is 19.5 Å². The summed E-state index contributed by atoms with van der Waals surface area (Å²) in [6.07, 6.45) is 4.26. The average Bonchev–Trinajstić information content (AvgIpc) is 3.06. The Kier molecular flexibility index (Phi) is 5.33. The lowest BCUT2D eigenvalue weighted by Crippen LogP contribution is -2.30. The molecule has 2 aromatic carbocycles. The van der Waals surface area contributed by atoms with Crippen molar-refractivity contribution in [3.05, 3.63) is 94.0 Å². The van der Waals surface area contributed by atoms with Crippen molar-refractivity contribution in [3.8, 4) is 0 Å². The van der Waals surface area contributed by atoms with Gasteiger partial charge in [0.2, 0.25) is 0 Å². The zero-order valence-corrected chi connectivity index (χ0v) is 16.3. The molecule has 2 heterocycles. The first-order valence-electron chi connectivity index (χ1n) is 9.58. The summed E-state index contributed by atoms with van der Waals surface area (Å²) >= 11 is 6.03. The molecule has 0 aliphatic carbocycles. The van der Waals surface area contributed by atoms with Gasteiger partial charge in [0.1, 0.15) is 5.82 Å². The zero-order chi connectivity index (χ0) is 18.8. The Labute approximate surface area is 165 Å². The van der Waals surface area contributed by atoms with E-state index in [0.29, 0.717) is 0 Å². The summed E-state index contributed by atoms with van der Waals surface area (Å²) in [6.45, 7) is 4.96. The summed E-state index contributed by atoms with van der Waals surface area (Å²) in [5.74, 6) is -0.363. The van der Waals surface area contributed by atoms with E-state index in [1.54, 1.807) is 6.07 Å². The van der Waals surface area contributed by atoms with Crippen molar-refractivity contribution in [2.75, 3.05) is 6.54 Å². The summed E-state index contributed by atoms with van der Waals surface area (Å²) in [7, 11) is 0. The van der Waals surface area contributed by atoms with E-state index in [-0.39, 0.29) is 16.9 Å². The minimum atomic E-state index is -0.363. The van der Waals surface area contributed by atoms with Crippen LogP contribution in [0, 0.1) is 5.82 Å². The lowest BCUT2D eigenvalue weighted by Gasteiger charge is -2.32. The molecule has 4 heteroatoms. The Morgan fingerprint density at radius 1 is 1.07 bits per heavy atom. The first kappa shape index (κ1) is 18.3. The van der Waals surface area contributed by atoms with Crippen LogP contribution in [0.4, 0.5) is 4.39 Å². The molecule has 0 saturated carbocycles. The maximum absolute atomic E-state index is 13.6. The van der Waals surface area contributed by atoms with E-state index in [1.165, 1.54) is 22.9 Å². The fourth-order valence-electron chi connectivity index (χ4n) is 4.16. The molecular formula is C23H24ClFN2. The second-order valence-electron chi connectivity index (χ2n) is 7.15. The van der Waals surface area contributed by atoms with Gasteiger partial charge in [-0.1, -0.05) is 48.9 Å². The molecule has 0 saturated heterocycles. The third-order valence-electron chi connectivity index (χ3n) is 5.45. The van der Waals surface area contributed by atoms with E-state index in [1.807, 2.05) is 6.07 Å². The molecule has 4 rings (SSSR count). The Morgan fingerprint density at radius 3 is 2.74 bits per heavy atom. The fourth-order valence-corrected chi connectivity index (χ4v) is 4.36. The standard InChI is InChI=1S/C23H24ClFN2/c1-2-18-7-3-4-8-19(18)23-22-9-5-12-26(22)13-6-14-27(23)16-17-10-11-21(25)20(24)15-17/h3-5,7-12,15,23H,2,6,13-14,16H2,1H3. The van der Waals surface area contributed by atoms with E-state index in [0.717, 1.165) is 38.0 Å². The summed E-state index contributed by atoms with van der Waals surface area (Å²) < 4.78 is 16.0. The Morgan fingerprint density at radius 2 is 1.93 bits per heavy atom. The molecule has 0 amide bonds. The highest BCUT2D eigenvalue weighted by molar-refractivity contribution is 6.30. The second-order valence-corrected chi connectivity index (χ2v) is 7.56. The number of fused-ring (bicyclic) bond motifs is 1. The molecule has 1 aromatic heterocycles. The highest BCUT2D eigenvalue weighted by Gasteiger charge is 2.28. The highest BCUT2D eigenvalue weighted by atomic mass is 35.5. The Hall–Kier alpha value is -2.10. The molecular weight excluding hydrogens is 359 g/mol. The molecule has 0 N–H and O–H groups in total. The molecule has 0 bridgehead atoms. The van der Waals surface area contributed by atoms with Crippen molar-refractivity contribution in [1.29, 1.82) is 0 Å². The van der Waals surface area contributed by atoms with Crippen LogP contribution < -0.4 is 0 Å². The van der Waals surface area contributed by atoms with Crippen LogP contribution in [0.15, 0.2) is 60.8 Å². The number of aryl methyl sites for hydroxylation is 2. The lowest BCUT2D eigenvalue weighted by atomic mass is 9.94. The predicted octanol–water partition coefficient (Wildman–Crippen LogP) is 5.84. The number of hydrogen-bond donors (Lipinski definition) is 0. The van der Waals surface area contributed by atoms with Crippen LogP contribution in [0.5, 0.6) is 0 Å². The molecule has 27 heavy (non-hydrogen) atoms. The van der Waals surface area contributed by atoms with Crippen molar-refractivity contribution in [3.63, 3.8) is 0 Å². The second kappa shape index (κ2) is 7.87. The number of rotatable bonds is 4. The van der Waals surface area contributed by atoms with Gasteiger partial charge in [-0.25, -0.2) is 4.39 Å². The number of halogens is 2. The van der Waals surface area contributed by atoms with E-state index in [2.05, 4.69) is 59.0 Å². The van der Waals surface area contributed by atoms with Gasteiger partial charge in [-0.2, -0.15) is 0 Å². The molecule has 0 radical (unpaired) electrons. The van der Waals surface area contributed by atoms with Crippen LogP contribution in [0.1, 0.15) is 41.8 Å². The highest BCUT2D eigenvalue weighted by Crippen LogP contribution is 2.35. The summed E-state index contributed by atoms with van der Waals surface area (Å²) in [6, 6.07) is 18.3. The number of hydrogen-bond acceptors (Lipinski definition) is 1. The molecule has 3 aromatic rings. The van der Waals surface area contributed by atoms with Gasteiger partial charge >= 0.3 is 0 Å². The molecule has 1 aliphatic heterocycles. The van der Waals surface area contributed by atoms with Crippen LogP contribution in [0.25, 0.3) is 0 Å². The van der Waals surface area contributed by atoms with Crippen molar-refractivity contribution < 1.29 is 4.39 Å². The number of benzene rings is 2. The predicted molar refractivity (Wildman–Crippen MR) is 109 cm³/mol. The minimum absolute atomic E-state index is 0.183. The lowest BCUT2D eigenvalue weighted by molar-refractivity contribution is 0.219. The smallest absolute Gasteiger partial charge is 0.141 e. The zero-order valence-electron chi connectivity index (χ0n) is 15.5. The van der Waals surface area contributed by atoms with Crippen LogP contribution in [0.2, 0.25) is 5.02 Å². The quantitative estimate of drug-likeness (QED) is 0.550. The van der Waals surface area contributed by atoms with Gasteiger partial charge in [-0.15, -0.1) is 0 Å².